The molecule has 1 aromatic rings. The van der Waals surface area contributed by atoms with E-state index in [2.05, 4.69) is 49.2 Å². The molecule has 1 aliphatic rings. The predicted octanol–water partition coefficient (Wildman–Crippen LogP) is 3.05. The second-order valence-electron chi connectivity index (χ2n) is 6.23. The molecule has 1 fully saturated rings. The molecule has 0 aliphatic carbocycles. The van der Waals surface area contributed by atoms with E-state index in [0.717, 1.165) is 13.1 Å². The lowest BCUT2D eigenvalue weighted by atomic mass is 9.96. The van der Waals surface area contributed by atoms with Gasteiger partial charge < -0.3 is 5.32 Å². The fourth-order valence-corrected chi connectivity index (χ4v) is 3.37. The Kier molecular flexibility index (Phi) is 6.24. The maximum Gasteiger partial charge on any atom is 0.107 e. The Balaban J connectivity index is 0.00000180. The molecule has 1 aromatic heterocycles. The molecule has 0 radical (unpaired) electrons. The molecule has 3 nitrogen and oxygen atoms in total. The van der Waals surface area contributed by atoms with Gasteiger partial charge in [-0.25, -0.2) is 4.98 Å². The van der Waals surface area contributed by atoms with Crippen LogP contribution in [0.5, 0.6) is 0 Å². The third kappa shape index (κ3) is 4.71. The summed E-state index contributed by atoms with van der Waals surface area (Å²) in [5, 5.41) is 4.65. The summed E-state index contributed by atoms with van der Waals surface area (Å²) in [6, 6.07) is 0.654. The van der Waals surface area contributed by atoms with Gasteiger partial charge in [0.15, 0.2) is 0 Å². The fourth-order valence-electron chi connectivity index (χ4n) is 2.36. The number of likely N-dealkylation sites (N-methyl/N-ethyl adjacent to an activating group) is 1. The lowest BCUT2D eigenvalue weighted by molar-refractivity contribution is 0.188. The summed E-state index contributed by atoms with van der Waals surface area (Å²) < 4.78 is 0. The summed E-state index contributed by atoms with van der Waals surface area (Å²) in [4.78, 5) is 8.50. The molecular weight excluding hydrogens is 278 g/mol. The highest BCUT2D eigenvalue weighted by molar-refractivity contribution is 7.11. The third-order valence-electron chi connectivity index (χ3n) is 3.57. The van der Waals surface area contributed by atoms with E-state index in [1.165, 1.54) is 29.3 Å². The molecular formula is C14H26ClN3S. The maximum atomic E-state index is 4.58. The standard InChI is InChI=1S/C14H25N3S.ClH/c1-14(2,3)12-8-16-13(18-12)10-17-7-5-6-11(9-17)15-4;/h8,11,15H,5-7,9-10H2,1-4H3;1H. The zero-order valence-electron chi connectivity index (χ0n) is 12.4. The molecule has 2 heterocycles. The number of likely N-dealkylation sites (tertiary alicyclic amines) is 1. The zero-order valence-corrected chi connectivity index (χ0v) is 14.0. The van der Waals surface area contributed by atoms with Crippen molar-refractivity contribution in [3.63, 3.8) is 0 Å². The third-order valence-corrected chi connectivity index (χ3v) is 4.97. The molecule has 5 heteroatoms. The molecule has 110 valence electrons. The number of piperidine rings is 1. The Morgan fingerprint density at radius 2 is 2.21 bits per heavy atom. The molecule has 19 heavy (non-hydrogen) atoms. The number of nitrogens with zero attached hydrogens (tertiary/aromatic N) is 2. The lowest BCUT2D eigenvalue weighted by Crippen LogP contribution is -2.43. The van der Waals surface area contributed by atoms with Crippen LogP contribution in [-0.2, 0) is 12.0 Å². The monoisotopic (exact) mass is 303 g/mol. The van der Waals surface area contributed by atoms with Crippen LogP contribution in [0.2, 0.25) is 0 Å². The SMILES string of the molecule is CNC1CCCN(Cc2ncc(C(C)(C)C)s2)C1.Cl. The second-order valence-corrected chi connectivity index (χ2v) is 7.35. The van der Waals surface area contributed by atoms with Gasteiger partial charge in [-0.2, -0.15) is 0 Å². The van der Waals surface area contributed by atoms with Crippen LogP contribution in [0.15, 0.2) is 6.20 Å². The minimum atomic E-state index is 0. The van der Waals surface area contributed by atoms with Crippen molar-refractivity contribution >= 4 is 23.7 Å². The summed E-state index contributed by atoms with van der Waals surface area (Å²) >= 11 is 1.87. The number of hydrogen-bond acceptors (Lipinski definition) is 4. The number of thiazole rings is 1. The van der Waals surface area contributed by atoms with Crippen LogP contribution >= 0.6 is 23.7 Å². The number of aromatic nitrogens is 1. The number of rotatable bonds is 3. The van der Waals surface area contributed by atoms with Crippen LogP contribution in [0, 0.1) is 0 Å². The second kappa shape index (κ2) is 7.02. The van der Waals surface area contributed by atoms with E-state index in [9.17, 15) is 0 Å². The molecule has 1 N–H and O–H groups in total. The van der Waals surface area contributed by atoms with Crippen molar-refractivity contribution in [3.8, 4) is 0 Å². The summed E-state index contributed by atoms with van der Waals surface area (Å²) in [6.45, 7) is 10.1. The van der Waals surface area contributed by atoms with Gasteiger partial charge in [0, 0.05) is 23.7 Å². The van der Waals surface area contributed by atoms with E-state index in [4.69, 9.17) is 0 Å². The zero-order chi connectivity index (χ0) is 13.2. The number of hydrogen-bond donors (Lipinski definition) is 1. The Morgan fingerprint density at radius 3 is 2.79 bits per heavy atom. The minimum absolute atomic E-state index is 0. The van der Waals surface area contributed by atoms with Crippen LogP contribution in [0.3, 0.4) is 0 Å². The van der Waals surface area contributed by atoms with Gasteiger partial charge in [-0.1, -0.05) is 20.8 Å². The van der Waals surface area contributed by atoms with Gasteiger partial charge in [-0.15, -0.1) is 23.7 Å². The Morgan fingerprint density at radius 1 is 1.47 bits per heavy atom. The predicted molar refractivity (Wildman–Crippen MR) is 85.4 cm³/mol. The van der Waals surface area contributed by atoms with E-state index in [0.29, 0.717) is 6.04 Å². The van der Waals surface area contributed by atoms with Crippen molar-refractivity contribution in [3.05, 3.63) is 16.1 Å². The molecule has 1 atom stereocenters. The molecule has 0 saturated carbocycles. The molecule has 0 aromatic carbocycles. The van der Waals surface area contributed by atoms with Crippen molar-refractivity contribution in [2.24, 2.45) is 0 Å². The van der Waals surface area contributed by atoms with E-state index in [1.54, 1.807) is 0 Å². The molecule has 1 unspecified atom stereocenters. The van der Waals surface area contributed by atoms with E-state index < -0.39 is 0 Å². The van der Waals surface area contributed by atoms with Crippen molar-refractivity contribution in [2.75, 3.05) is 20.1 Å². The highest BCUT2D eigenvalue weighted by Crippen LogP contribution is 2.28. The summed E-state index contributed by atoms with van der Waals surface area (Å²) in [5.41, 5.74) is 0.228. The fraction of sp³-hybridized carbons (Fsp3) is 0.786. The van der Waals surface area contributed by atoms with Gasteiger partial charge >= 0.3 is 0 Å². The number of nitrogens with one attached hydrogen (secondary N) is 1. The quantitative estimate of drug-likeness (QED) is 0.930. The highest BCUT2D eigenvalue weighted by Gasteiger charge is 2.21. The van der Waals surface area contributed by atoms with E-state index >= 15 is 0 Å². The van der Waals surface area contributed by atoms with Crippen molar-refractivity contribution in [1.82, 2.24) is 15.2 Å². The molecule has 0 bridgehead atoms. The average molecular weight is 304 g/mol. The molecule has 0 amide bonds. The van der Waals surface area contributed by atoms with E-state index in [1.807, 2.05) is 11.3 Å². The first-order chi connectivity index (χ1) is 8.49. The van der Waals surface area contributed by atoms with Crippen molar-refractivity contribution in [1.29, 1.82) is 0 Å². The van der Waals surface area contributed by atoms with Gasteiger partial charge in [0.05, 0.1) is 6.54 Å². The van der Waals surface area contributed by atoms with Crippen LogP contribution < -0.4 is 5.32 Å². The first kappa shape index (κ1) is 16.9. The lowest BCUT2D eigenvalue weighted by Gasteiger charge is -2.31. The normalized spacial score (nSPS) is 21.2. The van der Waals surface area contributed by atoms with Gasteiger partial charge in [0.25, 0.3) is 0 Å². The Bertz CT molecular complexity index is 386. The van der Waals surface area contributed by atoms with Crippen molar-refractivity contribution < 1.29 is 0 Å². The Labute approximate surface area is 127 Å². The first-order valence-electron chi connectivity index (χ1n) is 6.84. The average Bonchev–Trinajstić information content (AvgIpc) is 2.77. The smallest absolute Gasteiger partial charge is 0.107 e. The van der Waals surface area contributed by atoms with Gasteiger partial charge in [0.1, 0.15) is 5.01 Å². The topological polar surface area (TPSA) is 28.2 Å². The van der Waals surface area contributed by atoms with Crippen LogP contribution in [-0.4, -0.2) is 36.1 Å². The van der Waals surface area contributed by atoms with Gasteiger partial charge in [-0.05, 0) is 31.8 Å². The van der Waals surface area contributed by atoms with Gasteiger partial charge in [-0.3, -0.25) is 4.90 Å². The van der Waals surface area contributed by atoms with Crippen LogP contribution in [0.1, 0.15) is 43.5 Å². The highest BCUT2D eigenvalue weighted by atomic mass is 35.5. The Hall–Kier alpha value is -0.160. The summed E-state index contributed by atoms with van der Waals surface area (Å²) in [6.07, 6.45) is 4.65. The maximum absolute atomic E-state index is 4.58. The first-order valence-corrected chi connectivity index (χ1v) is 7.65. The minimum Gasteiger partial charge on any atom is -0.316 e. The van der Waals surface area contributed by atoms with Crippen LogP contribution in [0.25, 0.3) is 0 Å². The number of halogens is 1. The summed E-state index contributed by atoms with van der Waals surface area (Å²) in [7, 11) is 2.06. The molecule has 0 spiro atoms. The van der Waals surface area contributed by atoms with E-state index in [-0.39, 0.29) is 17.8 Å². The molecule has 2 rings (SSSR count). The van der Waals surface area contributed by atoms with Crippen LogP contribution in [0.4, 0.5) is 0 Å². The molecule has 1 saturated heterocycles. The van der Waals surface area contributed by atoms with Crippen molar-refractivity contribution in [2.45, 2.75) is 51.6 Å². The molecule has 1 aliphatic heterocycles. The largest absolute Gasteiger partial charge is 0.316 e. The van der Waals surface area contributed by atoms with Gasteiger partial charge in [0.2, 0.25) is 0 Å². The summed E-state index contributed by atoms with van der Waals surface area (Å²) in [5.74, 6) is 0.